The molecule has 180 valence electrons. The third-order valence-corrected chi connectivity index (χ3v) is 7.09. The zero-order valence-corrected chi connectivity index (χ0v) is 20.3. The monoisotopic (exact) mass is 491 g/mol. The molecule has 7 aromatic rings. The number of para-hydroxylation sites is 3. The van der Waals surface area contributed by atoms with Gasteiger partial charge in [0.25, 0.3) is 0 Å². The van der Waals surface area contributed by atoms with Crippen molar-refractivity contribution in [3.05, 3.63) is 127 Å². The van der Waals surface area contributed by atoms with Crippen LogP contribution < -0.4 is 14.4 Å². The Morgan fingerprint density at radius 3 is 2.05 bits per heavy atom. The molecule has 1 aromatic heterocycles. The highest BCUT2D eigenvalue weighted by molar-refractivity contribution is 6.06. The summed E-state index contributed by atoms with van der Waals surface area (Å²) < 4.78 is 19.4. The van der Waals surface area contributed by atoms with E-state index in [1.807, 2.05) is 72.8 Å². The zero-order chi connectivity index (χ0) is 25.1. The van der Waals surface area contributed by atoms with Gasteiger partial charge in [0.15, 0.2) is 11.5 Å². The van der Waals surface area contributed by atoms with Gasteiger partial charge in [-0.05, 0) is 60.0 Å². The van der Waals surface area contributed by atoms with Gasteiger partial charge in [0, 0.05) is 22.5 Å². The van der Waals surface area contributed by atoms with Gasteiger partial charge in [-0.3, -0.25) is 0 Å². The van der Waals surface area contributed by atoms with Crippen LogP contribution in [0.4, 0.5) is 17.1 Å². The molecule has 0 fully saturated rings. The Morgan fingerprint density at radius 1 is 0.474 bits per heavy atom. The number of benzene rings is 6. The fourth-order valence-electron chi connectivity index (χ4n) is 5.39. The molecule has 38 heavy (non-hydrogen) atoms. The van der Waals surface area contributed by atoms with E-state index in [4.69, 9.17) is 13.9 Å². The predicted molar refractivity (Wildman–Crippen MR) is 152 cm³/mol. The van der Waals surface area contributed by atoms with Gasteiger partial charge in [0.2, 0.25) is 0 Å². The Hall–Kier alpha value is -5.22. The average Bonchev–Trinajstić information content (AvgIpc) is 3.24. The molecule has 1 aliphatic heterocycles. The van der Waals surface area contributed by atoms with Crippen molar-refractivity contribution in [3.8, 4) is 23.0 Å². The minimum absolute atomic E-state index is 0.657. The normalized spacial score (nSPS) is 12.1. The summed E-state index contributed by atoms with van der Waals surface area (Å²) in [6, 6.07) is 42.9. The summed E-state index contributed by atoms with van der Waals surface area (Å²) in [7, 11) is 0. The molecule has 8 rings (SSSR count). The number of ether oxygens (including phenoxy) is 2. The Balaban J connectivity index is 1.35. The Kier molecular flexibility index (Phi) is 4.49. The molecule has 0 bridgehead atoms. The SMILES string of the molecule is c1ccc(N(c2ccc3c(c2)oc2ccccc23)c2cccc3c2Oc2cccc4cccc(c24)O3)cc1. The standard InChI is InChI=1S/C34H21NO3/c1-2-11-23(12-3-1)35(24-19-20-26-25-13-4-5-15-28(25)36-32(26)21-24)27-14-8-18-31-34(27)38-30-17-7-10-22-9-6-16-29(37-31)33(22)30/h1-21H. The molecule has 0 aliphatic carbocycles. The van der Waals surface area contributed by atoms with Gasteiger partial charge in [-0.15, -0.1) is 0 Å². The highest BCUT2D eigenvalue weighted by Crippen LogP contribution is 2.52. The molecule has 4 heteroatoms. The number of nitrogens with zero attached hydrogens (tertiary/aromatic N) is 1. The second-order valence-corrected chi connectivity index (χ2v) is 9.37. The largest absolute Gasteiger partial charge is 0.456 e. The van der Waals surface area contributed by atoms with Gasteiger partial charge >= 0.3 is 0 Å². The minimum Gasteiger partial charge on any atom is -0.456 e. The van der Waals surface area contributed by atoms with Crippen LogP contribution in [0.3, 0.4) is 0 Å². The smallest absolute Gasteiger partial charge is 0.193 e. The van der Waals surface area contributed by atoms with E-state index < -0.39 is 0 Å². The molecule has 0 N–H and O–H groups in total. The van der Waals surface area contributed by atoms with Crippen molar-refractivity contribution >= 4 is 49.8 Å². The molecule has 0 atom stereocenters. The molecular weight excluding hydrogens is 470 g/mol. The highest BCUT2D eigenvalue weighted by Gasteiger charge is 2.25. The third kappa shape index (κ3) is 3.17. The van der Waals surface area contributed by atoms with Crippen molar-refractivity contribution in [1.82, 2.24) is 0 Å². The number of fused-ring (bicyclic) bond motifs is 4. The number of hydrogen-bond acceptors (Lipinski definition) is 4. The summed E-state index contributed by atoms with van der Waals surface area (Å²) >= 11 is 0. The lowest BCUT2D eigenvalue weighted by atomic mass is 10.1. The van der Waals surface area contributed by atoms with E-state index >= 15 is 0 Å². The van der Waals surface area contributed by atoms with Crippen LogP contribution in [0.15, 0.2) is 132 Å². The predicted octanol–water partition coefficient (Wildman–Crippen LogP) is 10.1. The van der Waals surface area contributed by atoms with Gasteiger partial charge in [-0.1, -0.05) is 66.7 Å². The van der Waals surface area contributed by atoms with Gasteiger partial charge in [0.05, 0.1) is 16.8 Å². The second kappa shape index (κ2) is 8.15. The van der Waals surface area contributed by atoms with Crippen LogP contribution in [-0.4, -0.2) is 0 Å². The topological polar surface area (TPSA) is 34.8 Å². The van der Waals surface area contributed by atoms with Crippen LogP contribution >= 0.6 is 0 Å². The summed E-state index contributed by atoms with van der Waals surface area (Å²) in [6.45, 7) is 0. The second-order valence-electron chi connectivity index (χ2n) is 9.37. The third-order valence-electron chi connectivity index (χ3n) is 7.09. The summed E-state index contributed by atoms with van der Waals surface area (Å²) in [6.07, 6.45) is 0. The van der Waals surface area contributed by atoms with Gasteiger partial charge < -0.3 is 18.8 Å². The van der Waals surface area contributed by atoms with Crippen LogP contribution in [0.1, 0.15) is 0 Å². The molecule has 0 spiro atoms. The molecular formula is C34H21NO3. The Bertz CT molecular complexity index is 1990. The van der Waals surface area contributed by atoms with E-state index in [-0.39, 0.29) is 0 Å². The van der Waals surface area contributed by atoms with Gasteiger partial charge in [-0.2, -0.15) is 0 Å². The van der Waals surface area contributed by atoms with Crippen LogP contribution in [-0.2, 0) is 0 Å². The van der Waals surface area contributed by atoms with Crippen molar-refractivity contribution in [1.29, 1.82) is 0 Å². The quantitative estimate of drug-likeness (QED) is 0.246. The first-order chi connectivity index (χ1) is 18.8. The fraction of sp³-hybridized carbons (Fsp3) is 0. The van der Waals surface area contributed by atoms with Crippen LogP contribution in [0.5, 0.6) is 23.0 Å². The molecule has 0 unspecified atom stereocenters. The maximum Gasteiger partial charge on any atom is 0.193 e. The van der Waals surface area contributed by atoms with E-state index in [0.29, 0.717) is 11.5 Å². The Labute approximate surface area is 218 Å². The van der Waals surface area contributed by atoms with E-state index in [2.05, 4.69) is 59.5 Å². The van der Waals surface area contributed by atoms with Gasteiger partial charge in [0.1, 0.15) is 22.7 Å². The molecule has 0 saturated carbocycles. The summed E-state index contributed by atoms with van der Waals surface area (Å²) in [5, 5.41) is 4.24. The molecule has 0 amide bonds. The minimum atomic E-state index is 0.657. The average molecular weight is 492 g/mol. The van der Waals surface area contributed by atoms with Crippen molar-refractivity contribution in [3.63, 3.8) is 0 Å². The first-order valence-corrected chi connectivity index (χ1v) is 12.6. The summed E-state index contributed by atoms with van der Waals surface area (Å²) in [5.74, 6) is 2.87. The number of furan rings is 1. The molecule has 6 aromatic carbocycles. The van der Waals surface area contributed by atoms with Gasteiger partial charge in [-0.25, -0.2) is 0 Å². The van der Waals surface area contributed by atoms with Crippen LogP contribution in [0, 0.1) is 0 Å². The van der Waals surface area contributed by atoms with Crippen LogP contribution in [0.2, 0.25) is 0 Å². The molecule has 1 aliphatic rings. The number of rotatable bonds is 3. The molecule has 2 heterocycles. The first kappa shape index (κ1) is 20.9. The molecule has 0 saturated heterocycles. The molecule has 0 radical (unpaired) electrons. The van der Waals surface area contributed by atoms with E-state index in [1.165, 1.54) is 0 Å². The van der Waals surface area contributed by atoms with E-state index in [9.17, 15) is 0 Å². The van der Waals surface area contributed by atoms with E-state index in [0.717, 1.165) is 61.3 Å². The maximum atomic E-state index is 6.68. The summed E-state index contributed by atoms with van der Waals surface area (Å²) in [5.41, 5.74) is 4.54. The number of hydrogen-bond donors (Lipinski definition) is 0. The zero-order valence-electron chi connectivity index (χ0n) is 20.3. The van der Waals surface area contributed by atoms with Crippen molar-refractivity contribution in [2.45, 2.75) is 0 Å². The van der Waals surface area contributed by atoms with Crippen molar-refractivity contribution < 1.29 is 13.9 Å². The lowest BCUT2D eigenvalue weighted by Gasteiger charge is -2.27. The first-order valence-electron chi connectivity index (χ1n) is 12.6. The summed E-state index contributed by atoms with van der Waals surface area (Å²) in [4.78, 5) is 2.19. The van der Waals surface area contributed by atoms with Crippen molar-refractivity contribution in [2.75, 3.05) is 4.90 Å². The van der Waals surface area contributed by atoms with E-state index in [1.54, 1.807) is 0 Å². The maximum absolute atomic E-state index is 6.68. The Morgan fingerprint density at radius 2 is 1.18 bits per heavy atom. The highest BCUT2D eigenvalue weighted by atomic mass is 16.5. The molecule has 4 nitrogen and oxygen atoms in total. The number of anilines is 3. The lowest BCUT2D eigenvalue weighted by Crippen LogP contribution is -2.11. The van der Waals surface area contributed by atoms with Crippen molar-refractivity contribution in [2.24, 2.45) is 0 Å². The lowest BCUT2D eigenvalue weighted by molar-refractivity contribution is 0.440. The fourth-order valence-corrected chi connectivity index (χ4v) is 5.39. The van der Waals surface area contributed by atoms with Crippen LogP contribution in [0.25, 0.3) is 32.7 Å².